The van der Waals surface area contributed by atoms with E-state index in [2.05, 4.69) is 4.98 Å². The molecule has 0 aromatic carbocycles. The van der Waals surface area contributed by atoms with Gasteiger partial charge in [0.05, 0.1) is 5.75 Å². The van der Waals surface area contributed by atoms with Crippen LogP contribution in [0.1, 0.15) is 31.7 Å². The molecule has 0 saturated carbocycles. The molecule has 0 N–H and O–H groups in total. The number of hydrogen-bond acceptors (Lipinski definition) is 4. The number of pyridine rings is 1. The first-order chi connectivity index (χ1) is 10.9. The smallest absolute Gasteiger partial charge is 0.223 e. The molecular weight excluding hydrogens is 314 g/mol. The summed E-state index contributed by atoms with van der Waals surface area (Å²) in [6.07, 6.45) is 5.58. The van der Waals surface area contributed by atoms with Crippen LogP contribution < -0.4 is 0 Å². The zero-order valence-corrected chi connectivity index (χ0v) is 14.3. The van der Waals surface area contributed by atoms with Crippen LogP contribution in [0.3, 0.4) is 0 Å². The van der Waals surface area contributed by atoms with Crippen LogP contribution in [0.25, 0.3) is 0 Å². The van der Waals surface area contributed by atoms with Gasteiger partial charge in [-0.1, -0.05) is 6.07 Å². The highest BCUT2D eigenvalue weighted by Gasteiger charge is 2.46. The molecule has 7 heteroatoms. The fraction of sp³-hybridized carbons (Fsp3) is 0.625. The number of amides is 1. The molecule has 126 valence electrons. The van der Waals surface area contributed by atoms with Gasteiger partial charge in [-0.3, -0.25) is 9.78 Å². The second-order valence-electron chi connectivity index (χ2n) is 6.59. The monoisotopic (exact) mass is 337 g/mol. The molecule has 2 aliphatic heterocycles. The van der Waals surface area contributed by atoms with Crippen molar-refractivity contribution in [3.8, 4) is 0 Å². The molecule has 1 spiro atoms. The molecule has 0 aliphatic carbocycles. The summed E-state index contributed by atoms with van der Waals surface area (Å²) in [6, 6.07) is 3.85. The van der Waals surface area contributed by atoms with Crippen molar-refractivity contribution >= 4 is 15.9 Å². The lowest BCUT2D eigenvalue weighted by Gasteiger charge is -2.38. The van der Waals surface area contributed by atoms with Crippen LogP contribution in [-0.2, 0) is 21.4 Å². The Morgan fingerprint density at radius 1 is 1.30 bits per heavy atom. The van der Waals surface area contributed by atoms with Gasteiger partial charge in [-0.2, -0.15) is 0 Å². The molecule has 3 heterocycles. The van der Waals surface area contributed by atoms with Crippen LogP contribution in [0.4, 0.5) is 0 Å². The van der Waals surface area contributed by atoms with Gasteiger partial charge in [-0.25, -0.2) is 12.7 Å². The molecule has 23 heavy (non-hydrogen) atoms. The van der Waals surface area contributed by atoms with E-state index in [1.165, 1.54) is 0 Å². The number of carbonyl (C=O) groups excluding carboxylic acids is 1. The largest absolute Gasteiger partial charge is 0.338 e. The molecule has 1 aromatic rings. The predicted octanol–water partition coefficient (Wildman–Crippen LogP) is 1.25. The molecule has 1 aromatic heterocycles. The number of likely N-dealkylation sites (tertiary alicyclic amines) is 1. The Kier molecular flexibility index (Phi) is 4.42. The van der Waals surface area contributed by atoms with E-state index in [1.54, 1.807) is 23.6 Å². The lowest BCUT2D eigenvalue weighted by Crippen LogP contribution is -2.44. The highest BCUT2D eigenvalue weighted by molar-refractivity contribution is 7.89. The summed E-state index contributed by atoms with van der Waals surface area (Å²) in [6.45, 7) is 4.05. The Balaban J connectivity index is 1.64. The van der Waals surface area contributed by atoms with Gasteiger partial charge in [0.2, 0.25) is 15.9 Å². The Bertz CT molecular complexity index is 667. The highest BCUT2D eigenvalue weighted by atomic mass is 32.2. The van der Waals surface area contributed by atoms with E-state index in [1.807, 2.05) is 17.0 Å². The van der Waals surface area contributed by atoms with E-state index in [9.17, 15) is 13.2 Å². The molecule has 0 bridgehead atoms. The number of piperidine rings is 1. The summed E-state index contributed by atoms with van der Waals surface area (Å²) in [5.74, 6) is 0.312. The van der Waals surface area contributed by atoms with Crippen molar-refractivity contribution in [2.24, 2.45) is 5.41 Å². The van der Waals surface area contributed by atoms with Gasteiger partial charge >= 0.3 is 0 Å². The van der Waals surface area contributed by atoms with Crippen LogP contribution in [0.5, 0.6) is 0 Å². The average molecular weight is 337 g/mol. The highest BCUT2D eigenvalue weighted by Crippen LogP contribution is 2.41. The first-order valence-corrected chi connectivity index (χ1v) is 9.70. The Hall–Kier alpha value is -1.47. The topological polar surface area (TPSA) is 70.6 Å². The predicted molar refractivity (Wildman–Crippen MR) is 87.0 cm³/mol. The van der Waals surface area contributed by atoms with Crippen LogP contribution in [-0.4, -0.2) is 53.9 Å². The third-order valence-corrected chi connectivity index (χ3v) is 6.92. The molecule has 0 atom stereocenters. The summed E-state index contributed by atoms with van der Waals surface area (Å²) in [5.41, 5.74) is 0.975. The van der Waals surface area contributed by atoms with Crippen molar-refractivity contribution < 1.29 is 13.2 Å². The van der Waals surface area contributed by atoms with E-state index in [-0.39, 0.29) is 17.1 Å². The molecule has 2 aliphatic rings. The molecular formula is C16H23N3O3S. The summed E-state index contributed by atoms with van der Waals surface area (Å²) >= 11 is 0. The Labute approximate surface area is 137 Å². The zero-order valence-electron chi connectivity index (χ0n) is 13.4. The second-order valence-corrected chi connectivity index (χ2v) is 8.85. The zero-order chi connectivity index (χ0) is 16.5. The third kappa shape index (κ3) is 3.40. The van der Waals surface area contributed by atoms with Gasteiger partial charge in [0.15, 0.2) is 0 Å². The van der Waals surface area contributed by atoms with Crippen molar-refractivity contribution in [1.29, 1.82) is 0 Å². The summed E-state index contributed by atoms with van der Waals surface area (Å²) < 4.78 is 25.5. The third-order valence-electron chi connectivity index (χ3n) is 5.04. The normalized spacial score (nSPS) is 22.0. The van der Waals surface area contributed by atoms with E-state index in [0.717, 1.165) is 24.9 Å². The van der Waals surface area contributed by atoms with Crippen LogP contribution in [0.15, 0.2) is 24.5 Å². The average Bonchev–Trinajstić information content (AvgIpc) is 2.84. The summed E-state index contributed by atoms with van der Waals surface area (Å²) in [4.78, 5) is 18.3. The van der Waals surface area contributed by atoms with Crippen molar-refractivity contribution in [3.63, 3.8) is 0 Å². The molecule has 3 rings (SSSR count). The van der Waals surface area contributed by atoms with Gasteiger partial charge in [0, 0.05) is 45.0 Å². The lowest BCUT2D eigenvalue weighted by atomic mass is 9.78. The van der Waals surface area contributed by atoms with Crippen molar-refractivity contribution in [3.05, 3.63) is 30.1 Å². The van der Waals surface area contributed by atoms with Gasteiger partial charge < -0.3 is 4.90 Å². The number of aromatic nitrogens is 1. The van der Waals surface area contributed by atoms with Crippen molar-refractivity contribution in [2.75, 3.05) is 25.4 Å². The van der Waals surface area contributed by atoms with Crippen LogP contribution in [0.2, 0.25) is 0 Å². The van der Waals surface area contributed by atoms with Gasteiger partial charge in [0.25, 0.3) is 0 Å². The molecule has 2 saturated heterocycles. The van der Waals surface area contributed by atoms with E-state index < -0.39 is 10.0 Å². The number of sulfonamides is 1. The van der Waals surface area contributed by atoms with E-state index >= 15 is 0 Å². The molecule has 6 nitrogen and oxygen atoms in total. The second kappa shape index (κ2) is 6.20. The van der Waals surface area contributed by atoms with Crippen LogP contribution in [0, 0.1) is 5.41 Å². The number of nitrogens with zero attached hydrogens (tertiary/aromatic N) is 3. The molecule has 0 radical (unpaired) electrons. The number of hydrogen-bond donors (Lipinski definition) is 0. The van der Waals surface area contributed by atoms with Gasteiger partial charge in [-0.15, -0.1) is 0 Å². The summed E-state index contributed by atoms with van der Waals surface area (Å²) in [5, 5.41) is 0. The maximum absolute atomic E-state index is 12.4. The van der Waals surface area contributed by atoms with Gasteiger partial charge in [0.1, 0.15) is 0 Å². The minimum absolute atomic E-state index is 0.0565. The standard InChI is InChI=1S/C16H23N3O3S/c1-2-23(21,22)19-8-5-16(6-9-19)10-15(20)18(13-16)12-14-4-3-7-17-11-14/h3-4,7,11H,2,5-6,8-10,12-13H2,1H3. The maximum atomic E-state index is 12.4. The SMILES string of the molecule is CCS(=O)(=O)N1CCC2(CC1)CC(=O)N(Cc1cccnc1)C2. The molecule has 0 unspecified atom stereocenters. The van der Waals surface area contributed by atoms with E-state index in [0.29, 0.717) is 26.1 Å². The Morgan fingerprint density at radius 2 is 2.04 bits per heavy atom. The Morgan fingerprint density at radius 3 is 2.65 bits per heavy atom. The minimum Gasteiger partial charge on any atom is -0.338 e. The number of rotatable bonds is 4. The van der Waals surface area contributed by atoms with Crippen molar-refractivity contribution in [1.82, 2.24) is 14.2 Å². The first kappa shape index (κ1) is 16.4. The van der Waals surface area contributed by atoms with E-state index in [4.69, 9.17) is 0 Å². The first-order valence-electron chi connectivity index (χ1n) is 8.09. The molecule has 1 amide bonds. The van der Waals surface area contributed by atoms with Crippen LogP contribution >= 0.6 is 0 Å². The van der Waals surface area contributed by atoms with Gasteiger partial charge in [-0.05, 0) is 36.8 Å². The van der Waals surface area contributed by atoms with Crippen molar-refractivity contribution in [2.45, 2.75) is 32.7 Å². The lowest BCUT2D eigenvalue weighted by molar-refractivity contribution is -0.128. The maximum Gasteiger partial charge on any atom is 0.223 e. The minimum atomic E-state index is -3.12. The molecule has 2 fully saturated rings. The fourth-order valence-corrected chi connectivity index (χ4v) is 4.70. The fourth-order valence-electron chi connectivity index (χ4n) is 3.59. The summed E-state index contributed by atoms with van der Waals surface area (Å²) in [7, 11) is -3.12. The number of carbonyl (C=O) groups is 1. The quantitative estimate of drug-likeness (QED) is 0.829.